The van der Waals surface area contributed by atoms with E-state index in [2.05, 4.69) is 54.8 Å². The highest BCUT2D eigenvalue weighted by atomic mass is 31.2. The number of carboxylic acid groups (broad SMARTS) is 1. The summed E-state index contributed by atoms with van der Waals surface area (Å²) in [5.74, 6) is -2.40. The first-order valence-corrected chi connectivity index (χ1v) is 22.5. The molecule has 12 heteroatoms. The quantitative estimate of drug-likeness (QED) is 0.0234. The average molecular weight is 786 g/mol. The number of rotatable bonds is 39. The molecule has 3 atom stereocenters. The number of carboxylic acids is 1. The normalized spacial score (nSPS) is 14.1. The zero-order chi connectivity index (χ0) is 40.0. The van der Waals surface area contributed by atoms with Crippen LogP contribution in [0.5, 0.6) is 0 Å². The van der Waals surface area contributed by atoms with Gasteiger partial charge in [-0.25, -0.2) is 4.57 Å². The molecule has 4 N–H and O–H groups in total. The predicted molar refractivity (Wildman–Crippen MR) is 217 cm³/mol. The maximum atomic E-state index is 12.6. The number of phosphoric acid groups is 1. The van der Waals surface area contributed by atoms with Crippen LogP contribution in [-0.2, 0) is 37.5 Å². The van der Waals surface area contributed by atoms with Crippen LogP contribution in [0.4, 0.5) is 0 Å². The Balaban J connectivity index is 4.43. The molecular weight excluding hydrogens is 709 g/mol. The van der Waals surface area contributed by atoms with Crippen LogP contribution in [0.3, 0.4) is 0 Å². The molecule has 0 saturated carbocycles. The lowest BCUT2D eigenvalue weighted by atomic mass is 10.0. The van der Waals surface area contributed by atoms with Crippen LogP contribution in [0.25, 0.3) is 0 Å². The number of ether oxygens (including phenoxy) is 2. The number of carbonyl (C=O) groups is 3. The van der Waals surface area contributed by atoms with E-state index in [9.17, 15) is 23.8 Å². The molecule has 0 bridgehead atoms. The van der Waals surface area contributed by atoms with E-state index >= 15 is 0 Å². The van der Waals surface area contributed by atoms with Gasteiger partial charge < -0.3 is 25.2 Å². The Labute approximate surface area is 327 Å². The van der Waals surface area contributed by atoms with E-state index in [0.717, 1.165) is 64.2 Å². The molecule has 0 aliphatic heterocycles. The predicted octanol–water partition coefficient (Wildman–Crippen LogP) is 10.8. The van der Waals surface area contributed by atoms with Crippen LogP contribution in [0.1, 0.15) is 181 Å². The highest BCUT2D eigenvalue weighted by Gasteiger charge is 2.28. The number of phosphoric ester groups is 1. The summed E-state index contributed by atoms with van der Waals surface area (Å²) in [7, 11) is -4.72. The molecule has 0 aliphatic rings. The summed E-state index contributed by atoms with van der Waals surface area (Å²) in [5.41, 5.74) is 5.32. The fourth-order valence-electron chi connectivity index (χ4n) is 5.54. The molecular formula is C42H76NO10P. The van der Waals surface area contributed by atoms with Crippen LogP contribution < -0.4 is 5.73 Å². The topological polar surface area (TPSA) is 172 Å². The van der Waals surface area contributed by atoms with Gasteiger partial charge in [0.05, 0.1) is 13.2 Å². The van der Waals surface area contributed by atoms with E-state index in [1.807, 2.05) is 0 Å². The molecule has 3 unspecified atom stereocenters. The number of hydrogen-bond donors (Lipinski definition) is 3. The van der Waals surface area contributed by atoms with Gasteiger partial charge in [0.1, 0.15) is 12.6 Å². The van der Waals surface area contributed by atoms with Crippen molar-refractivity contribution >= 4 is 25.7 Å². The van der Waals surface area contributed by atoms with Crippen LogP contribution >= 0.6 is 7.82 Å². The minimum absolute atomic E-state index is 0.137. The summed E-state index contributed by atoms with van der Waals surface area (Å²) < 4.78 is 32.6. The number of carbonyl (C=O) groups excluding carboxylic acids is 2. The van der Waals surface area contributed by atoms with Crippen molar-refractivity contribution in [3.8, 4) is 0 Å². The second-order valence-corrected chi connectivity index (χ2v) is 15.6. The maximum absolute atomic E-state index is 12.6. The zero-order valence-electron chi connectivity index (χ0n) is 33.8. The fourth-order valence-corrected chi connectivity index (χ4v) is 6.32. The molecule has 314 valence electrons. The van der Waals surface area contributed by atoms with Gasteiger partial charge in [-0.2, -0.15) is 0 Å². The van der Waals surface area contributed by atoms with Crippen LogP contribution in [-0.4, -0.2) is 59.9 Å². The standard InChI is InChI=1S/C42H76NO10P/c1-3-5-7-9-11-13-15-17-18-19-20-22-24-26-28-30-32-34-41(45)53-38(36-51-54(48,49)52-37-39(43)42(46)47)35-50-40(44)33-31-29-27-25-23-21-16-14-12-10-8-6-4-2/h11,13,17-18,20,22,38-39H,3-10,12,14-16,19,21,23-37,43H2,1-2H3,(H,46,47)(H,48,49). The van der Waals surface area contributed by atoms with Crippen molar-refractivity contribution in [2.75, 3.05) is 19.8 Å². The number of unbranched alkanes of at least 4 members (excludes halogenated alkanes) is 19. The van der Waals surface area contributed by atoms with Crippen LogP contribution in [0, 0.1) is 0 Å². The molecule has 0 aromatic rings. The van der Waals surface area contributed by atoms with Crippen molar-refractivity contribution in [3.63, 3.8) is 0 Å². The Morgan fingerprint density at radius 2 is 0.981 bits per heavy atom. The second kappa shape index (κ2) is 37.6. The van der Waals surface area contributed by atoms with E-state index < -0.39 is 51.1 Å². The molecule has 0 amide bonds. The SMILES string of the molecule is CCCCCC=CCC=CCC=CCCCCCCC(=O)OC(COC(=O)CCCCCCCCCCCCCCC)COP(=O)(O)OCC(N)C(=O)O. The first-order valence-electron chi connectivity index (χ1n) is 21.0. The van der Waals surface area contributed by atoms with Gasteiger partial charge >= 0.3 is 25.7 Å². The molecule has 0 saturated heterocycles. The van der Waals surface area contributed by atoms with Crippen molar-refractivity contribution in [2.45, 2.75) is 193 Å². The zero-order valence-corrected chi connectivity index (χ0v) is 34.7. The molecule has 0 heterocycles. The Hall–Kier alpha value is -2.30. The second-order valence-electron chi connectivity index (χ2n) is 14.1. The molecule has 11 nitrogen and oxygen atoms in total. The minimum Gasteiger partial charge on any atom is -0.480 e. The largest absolute Gasteiger partial charge is 0.480 e. The lowest BCUT2D eigenvalue weighted by Gasteiger charge is -2.20. The van der Waals surface area contributed by atoms with Crippen molar-refractivity contribution < 1.29 is 47.5 Å². The lowest BCUT2D eigenvalue weighted by Crippen LogP contribution is -2.34. The summed E-state index contributed by atoms with van der Waals surface area (Å²) in [6.45, 7) is 2.75. The number of hydrogen-bond acceptors (Lipinski definition) is 9. The van der Waals surface area contributed by atoms with Gasteiger partial charge in [0, 0.05) is 12.8 Å². The summed E-state index contributed by atoms with van der Waals surface area (Å²) in [4.78, 5) is 45.9. The molecule has 0 rings (SSSR count). The molecule has 0 aliphatic carbocycles. The summed E-state index contributed by atoms with van der Waals surface area (Å²) >= 11 is 0. The third-order valence-corrected chi connectivity index (χ3v) is 9.84. The van der Waals surface area contributed by atoms with Crippen molar-refractivity contribution in [1.29, 1.82) is 0 Å². The highest BCUT2D eigenvalue weighted by Crippen LogP contribution is 2.43. The Bertz CT molecular complexity index is 1060. The van der Waals surface area contributed by atoms with Crippen molar-refractivity contribution in [2.24, 2.45) is 5.73 Å². The smallest absolute Gasteiger partial charge is 0.472 e. The molecule has 0 aromatic carbocycles. The van der Waals surface area contributed by atoms with Gasteiger partial charge in [0.25, 0.3) is 0 Å². The molecule has 54 heavy (non-hydrogen) atoms. The van der Waals surface area contributed by atoms with Gasteiger partial charge in [0.15, 0.2) is 6.10 Å². The van der Waals surface area contributed by atoms with Gasteiger partial charge in [-0.1, -0.05) is 153 Å². The maximum Gasteiger partial charge on any atom is 0.472 e. The third kappa shape index (κ3) is 36.7. The molecule has 0 fully saturated rings. The van der Waals surface area contributed by atoms with Crippen LogP contribution in [0.15, 0.2) is 36.5 Å². The molecule has 0 spiro atoms. The number of allylic oxidation sites excluding steroid dienone is 6. The van der Waals surface area contributed by atoms with E-state index in [4.69, 9.17) is 24.8 Å². The number of esters is 2. The first-order chi connectivity index (χ1) is 26.1. The van der Waals surface area contributed by atoms with Crippen LogP contribution in [0.2, 0.25) is 0 Å². The molecule has 0 aromatic heterocycles. The van der Waals surface area contributed by atoms with E-state index in [1.165, 1.54) is 77.0 Å². The minimum atomic E-state index is -4.72. The Morgan fingerprint density at radius 1 is 0.574 bits per heavy atom. The summed E-state index contributed by atoms with van der Waals surface area (Å²) in [6, 6.07) is -1.52. The van der Waals surface area contributed by atoms with Gasteiger partial charge in [0.2, 0.25) is 0 Å². The monoisotopic (exact) mass is 786 g/mol. The molecule has 0 radical (unpaired) electrons. The van der Waals surface area contributed by atoms with E-state index in [1.54, 1.807) is 0 Å². The van der Waals surface area contributed by atoms with Crippen molar-refractivity contribution in [1.82, 2.24) is 0 Å². The van der Waals surface area contributed by atoms with Crippen molar-refractivity contribution in [3.05, 3.63) is 36.5 Å². The number of nitrogens with two attached hydrogens (primary N) is 1. The van der Waals surface area contributed by atoms with Gasteiger partial charge in [-0.15, -0.1) is 0 Å². The third-order valence-electron chi connectivity index (χ3n) is 8.89. The lowest BCUT2D eigenvalue weighted by molar-refractivity contribution is -0.161. The number of aliphatic carboxylic acids is 1. The highest BCUT2D eigenvalue weighted by molar-refractivity contribution is 7.47. The van der Waals surface area contributed by atoms with E-state index in [0.29, 0.717) is 12.8 Å². The fraction of sp³-hybridized carbons (Fsp3) is 0.786. The Kier molecular flexibility index (Phi) is 36.0. The Morgan fingerprint density at radius 3 is 1.50 bits per heavy atom. The summed E-state index contributed by atoms with van der Waals surface area (Å²) in [5, 5.41) is 8.88. The first kappa shape index (κ1) is 51.7. The van der Waals surface area contributed by atoms with E-state index in [-0.39, 0.29) is 19.4 Å². The van der Waals surface area contributed by atoms with Gasteiger partial charge in [-0.3, -0.25) is 23.4 Å². The summed E-state index contributed by atoms with van der Waals surface area (Å²) in [6.07, 6.45) is 39.2. The van der Waals surface area contributed by atoms with Gasteiger partial charge in [-0.05, 0) is 51.4 Å². The average Bonchev–Trinajstić information content (AvgIpc) is 3.14.